The molecule has 3 N–H and O–H groups in total. The van der Waals surface area contributed by atoms with Crippen LogP contribution >= 0.6 is 24.8 Å². The molecule has 1 aliphatic carbocycles. The first-order valence-electron chi connectivity index (χ1n) is 8.54. The van der Waals surface area contributed by atoms with E-state index >= 15 is 0 Å². The monoisotopic (exact) mass is 404 g/mol. The Morgan fingerprint density at radius 2 is 1.88 bits per heavy atom. The number of hydrogen-bond donors (Lipinski definition) is 3. The maximum atomic E-state index is 12.1. The molecule has 148 valence electrons. The maximum absolute atomic E-state index is 12.1. The molecule has 1 aromatic carbocycles. The molecule has 1 fully saturated rings. The van der Waals surface area contributed by atoms with Crippen molar-refractivity contribution < 1.29 is 9.59 Å². The third kappa shape index (κ3) is 9.97. The van der Waals surface area contributed by atoms with Gasteiger partial charge in [0.05, 0.1) is 6.54 Å². The van der Waals surface area contributed by atoms with Gasteiger partial charge < -0.3 is 20.9 Å². The number of carbonyl (C=O) groups is 2. The Labute approximate surface area is 168 Å². The van der Waals surface area contributed by atoms with Crippen molar-refractivity contribution in [3.8, 4) is 0 Å². The van der Waals surface area contributed by atoms with Gasteiger partial charge in [-0.1, -0.05) is 12.1 Å². The van der Waals surface area contributed by atoms with Gasteiger partial charge in [0.15, 0.2) is 0 Å². The fraction of sp³-hybridized carbons (Fsp3) is 0.556. The first-order chi connectivity index (χ1) is 11.5. The van der Waals surface area contributed by atoms with Crippen molar-refractivity contribution in [3.63, 3.8) is 0 Å². The predicted molar refractivity (Wildman–Crippen MR) is 109 cm³/mol. The lowest BCUT2D eigenvalue weighted by Crippen LogP contribution is -2.34. The van der Waals surface area contributed by atoms with Crippen molar-refractivity contribution >= 4 is 36.6 Å². The summed E-state index contributed by atoms with van der Waals surface area (Å²) in [7, 11) is 3.93. The summed E-state index contributed by atoms with van der Waals surface area (Å²) in [6.45, 7) is 3.12. The predicted octanol–water partition coefficient (Wildman–Crippen LogP) is 1.44. The molecule has 8 heteroatoms. The van der Waals surface area contributed by atoms with E-state index in [1.807, 2.05) is 37.2 Å². The molecule has 0 saturated heterocycles. The zero-order valence-electron chi connectivity index (χ0n) is 15.4. The molecule has 26 heavy (non-hydrogen) atoms. The molecule has 2 rings (SSSR count). The van der Waals surface area contributed by atoms with Gasteiger partial charge in [0.2, 0.25) is 5.91 Å². The molecule has 0 unspecified atom stereocenters. The Bertz CT molecular complexity index is 566. The Balaban J connectivity index is 0.00000312. The lowest BCUT2D eigenvalue weighted by Gasteiger charge is -2.11. The zero-order chi connectivity index (χ0) is 17.4. The number of benzene rings is 1. The summed E-state index contributed by atoms with van der Waals surface area (Å²) < 4.78 is 0. The first-order valence-corrected chi connectivity index (χ1v) is 8.54. The number of halogens is 2. The highest BCUT2D eigenvalue weighted by atomic mass is 35.5. The minimum atomic E-state index is -0.0869. The molecule has 0 aliphatic heterocycles. The maximum Gasteiger partial charge on any atom is 0.251 e. The van der Waals surface area contributed by atoms with E-state index in [1.165, 1.54) is 12.8 Å². The zero-order valence-corrected chi connectivity index (χ0v) is 17.0. The molecule has 6 nitrogen and oxygen atoms in total. The number of nitrogens with zero attached hydrogens (tertiary/aromatic N) is 1. The van der Waals surface area contributed by atoms with E-state index in [1.54, 1.807) is 6.07 Å². The quantitative estimate of drug-likeness (QED) is 0.551. The summed E-state index contributed by atoms with van der Waals surface area (Å²) in [5, 5.41) is 8.93. The van der Waals surface area contributed by atoms with Crippen LogP contribution in [0, 0.1) is 5.92 Å². The van der Waals surface area contributed by atoms with Crippen LogP contribution in [0.3, 0.4) is 0 Å². The van der Waals surface area contributed by atoms with E-state index in [4.69, 9.17) is 0 Å². The van der Waals surface area contributed by atoms with Crippen molar-refractivity contribution in [3.05, 3.63) is 35.4 Å². The van der Waals surface area contributed by atoms with E-state index in [0.29, 0.717) is 25.2 Å². The van der Waals surface area contributed by atoms with Gasteiger partial charge in [0, 0.05) is 25.2 Å². The van der Waals surface area contributed by atoms with E-state index < -0.39 is 0 Å². The van der Waals surface area contributed by atoms with Crippen LogP contribution in [0.2, 0.25) is 0 Å². The Morgan fingerprint density at radius 1 is 1.15 bits per heavy atom. The number of hydrogen-bond acceptors (Lipinski definition) is 4. The Hall–Kier alpha value is -1.34. The standard InChI is InChI=1S/C18H28N4O2.2ClH/c1-22(2)9-8-20-18(24)16-5-3-4-15(10-16)12-21-17(23)13-19-11-14-6-7-14;;/h3-5,10,14,19H,6-9,11-13H2,1-2H3,(H,20,24)(H,21,23);2*1H. The summed E-state index contributed by atoms with van der Waals surface area (Å²) in [5.41, 5.74) is 1.54. The number of rotatable bonds is 10. The lowest BCUT2D eigenvalue weighted by atomic mass is 10.1. The van der Waals surface area contributed by atoms with Gasteiger partial charge in [-0.05, 0) is 57.1 Å². The van der Waals surface area contributed by atoms with E-state index in [-0.39, 0.29) is 36.6 Å². The third-order valence-electron chi connectivity index (χ3n) is 3.94. The molecule has 2 amide bonds. The van der Waals surface area contributed by atoms with Crippen LogP contribution < -0.4 is 16.0 Å². The van der Waals surface area contributed by atoms with Gasteiger partial charge in [-0.2, -0.15) is 0 Å². The molecule has 1 saturated carbocycles. The van der Waals surface area contributed by atoms with Crippen molar-refractivity contribution in [2.75, 3.05) is 40.3 Å². The fourth-order valence-electron chi connectivity index (χ4n) is 2.29. The molecular weight excluding hydrogens is 375 g/mol. The second-order valence-electron chi connectivity index (χ2n) is 6.61. The van der Waals surface area contributed by atoms with Crippen molar-refractivity contribution in [2.45, 2.75) is 19.4 Å². The van der Waals surface area contributed by atoms with Gasteiger partial charge in [-0.15, -0.1) is 24.8 Å². The first kappa shape index (κ1) is 24.7. The summed E-state index contributed by atoms with van der Waals surface area (Å²) in [6.07, 6.45) is 2.55. The molecule has 1 aromatic rings. The number of nitrogens with one attached hydrogen (secondary N) is 3. The fourth-order valence-corrected chi connectivity index (χ4v) is 2.29. The van der Waals surface area contributed by atoms with Crippen molar-refractivity contribution in [1.82, 2.24) is 20.9 Å². The van der Waals surface area contributed by atoms with E-state index in [9.17, 15) is 9.59 Å². The molecule has 0 spiro atoms. The molecular formula is C18H30Cl2N4O2. The molecule has 0 heterocycles. The minimum absolute atomic E-state index is 0. The van der Waals surface area contributed by atoms with Crippen LogP contribution in [-0.2, 0) is 11.3 Å². The number of carbonyl (C=O) groups excluding carboxylic acids is 2. The van der Waals surface area contributed by atoms with Gasteiger partial charge in [-0.25, -0.2) is 0 Å². The summed E-state index contributed by atoms with van der Waals surface area (Å²) in [4.78, 5) is 25.9. The van der Waals surface area contributed by atoms with Gasteiger partial charge in [0.1, 0.15) is 0 Å². The lowest BCUT2D eigenvalue weighted by molar-refractivity contribution is -0.120. The van der Waals surface area contributed by atoms with E-state index in [0.717, 1.165) is 24.6 Å². The number of amides is 2. The van der Waals surface area contributed by atoms with E-state index in [2.05, 4.69) is 16.0 Å². The van der Waals surface area contributed by atoms with Crippen LogP contribution in [-0.4, -0.2) is 57.0 Å². The Kier molecular flexibility index (Phi) is 12.3. The second-order valence-corrected chi connectivity index (χ2v) is 6.61. The highest BCUT2D eigenvalue weighted by Crippen LogP contribution is 2.27. The smallest absolute Gasteiger partial charge is 0.251 e. The Morgan fingerprint density at radius 3 is 2.54 bits per heavy atom. The minimum Gasteiger partial charge on any atom is -0.351 e. The third-order valence-corrected chi connectivity index (χ3v) is 3.94. The van der Waals surface area contributed by atoms with Gasteiger partial charge >= 0.3 is 0 Å². The van der Waals surface area contributed by atoms with Crippen LogP contribution in [0.25, 0.3) is 0 Å². The normalized spacial score (nSPS) is 12.7. The highest BCUT2D eigenvalue weighted by molar-refractivity contribution is 5.94. The highest BCUT2D eigenvalue weighted by Gasteiger charge is 2.20. The van der Waals surface area contributed by atoms with Crippen LogP contribution in [0.15, 0.2) is 24.3 Å². The van der Waals surface area contributed by atoms with Crippen molar-refractivity contribution in [1.29, 1.82) is 0 Å². The SMILES string of the molecule is CN(C)CCNC(=O)c1cccc(CNC(=O)CNCC2CC2)c1.Cl.Cl. The average Bonchev–Trinajstić information content (AvgIpc) is 3.37. The summed E-state index contributed by atoms with van der Waals surface area (Å²) in [6, 6.07) is 7.36. The molecule has 0 aromatic heterocycles. The largest absolute Gasteiger partial charge is 0.351 e. The van der Waals surface area contributed by atoms with Gasteiger partial charge in [-0.3, -0.25) is 9.59 Å². The van der Waals surface area contributed by atoms with Crippen LogP contribution in [0.1, 0.15) is 28.8 Å². The van der Waals surface area contributed by atoms with Gasteiger partial charge in [0.25, 0.3) is 5.91 Å². The summed E-state index contributed by atoms with van der Waals surface area (Å²) in [5.74, 6) is 0.660. The van der Waals surface area contributed by atoms with Crippen LogP contribution in [0.4, 0.5) is 0 Å². The molecule has 0 radical (unpaired) electrons. The number of likely N-dealkylation sites (N-methyl/N-ethyl adjacent to an activating group) is 1. The molecule has 1 aliphatic rings. The molecule has 0 atom stereocenters. The van der Waals surface area contributed by atoms with Crippen molar-refractivity contribution in [2.24, 2.45) is 5.92 Å². The summed E-state index contributed by atoms with van der Waals surface area (Å²) >= 11 is 0. The topological polar surface area (TPSA) is 73.5 Å². The van der Waals surface area contributed by atoms with Crippen LogP contribution in [0.5, 0.6) is 0 Å². The second kappa shape index (κ2) is 12.9. The molecule has 0 bridgehead atoms. The average molecular weight is 405 g/mol.